The molecule has 0 aromatic rings. The van der Waals surface area contributed by atoms with Gasteiger partial charge in [0.25, 0.3) is 0 Å². The van der Waals surface area contributed by atoms with Crippen LogP contribution in [0.5, 0.6) is 0 Å². The fourth-order valence-corrected chi connectivity index (χ4v) is 11.4. The van der Waals surface area contributed by atoms with Crippen LogP contribution in [-0.2, 0) is 62.2 Å². The number of ether oxygens (including phenoxy) is 2. The minimum absolute atomic E-state index is 0.00560. The number of methoxy groups -OCH3 is 1. The van der Waals surface area contributed by atoms with Crippen LogP contribution < -0.4 is 21.3 Å². The summed E-state index contributed by atoms with van der Waals surface area (Å²) in [6.45, 7) is 27.8. The predicted molar refractivity (Wildman–Crippen MR) is 328 cm³/mol. The third-order valence-corrected chi connectivity index (χ3v) is 16.9. The molecule has 0 aromatic heterocycles. The highest BCUT2D eigenvalue weighted by Gasteiger charge is 2.50. The normalized spacial score (nSPS) is 29.8. The van der Waals surface area contributed by atoms with E-state index in [1.807, 2.05) is 67.5 Å². The Morgan fingerprint density at radius 3 is 1.45 bits per heavy atom. The highest BCUT2D eigenvalue weighted by molar-refractivity contribution is 6.00. The summed E-state index contributed by atoms with van der Waals surface area (Å²) < 4.78 is 12.2. The number of amides is 11. The van der Waals surface area contributed by atoms with Crippen LogP contribution in [0, 0.1) is 35.5 Å². The minimum Gasteiger partial charge on any atom is -0.384 e. The number of nitrogens with zero attached hydrogens (tertiary/aromatic N) is 7. The van der Waals surface area contributed by atoms with Gasteiger partial charge >= 0.3 is 0 Å². The standard InChI is InChI=1S/C62H109N11O13/c1-25-27-28-37(11)51-50-55(77)65-43(26-2)58(80)67(17)41(15)57(79)71(21)48(38(12)32-85-24)54(76)66-47(36(9)10)61(83)68(18)44(29-33(3)4)53(75)63-39(13)52(74)64-40(14)56(78)69(19)45(30-34(5)6)59(81)70(20)46(31-35(7)8)60(82)72(22)49(42(16)86-51)62(84)73(50)23/h25,27,33-51H,26,28-32H2,1-24H3,(H,63,75)(H,64,74)(H,65,77)(H,66,76). The van der Waals surface area contributed by atoms with Gasteiger partial charge in [0, 0.05) is 62.4 Å². The lowest BCUT2D eigenvalue weighted by Crippen LogP contribution is -2.62. The van der Waals surface area contributed by atoms with Gasteiger partial charge in [-0.3, -0.25) is 52.7 Å². The monoisotopic (exact) mass is 1220 g/mol. The van der Waals surface area contributed by atoms with Crippen molar-refractivity contribution in [3.8, 4) is 0 Å². The predicted octanol–water partition coefficient (Wildman–Crippen LogP) is 2.66. The molecule has 15 unspecified atom stereocenters. The molecule has 0 saturated carbocycles. The van der Waals surface area contributed by atoms with E-state index in [2.05, 4.69) is 21.3 Å². The maximum absolute atomic E-state index is 15.2. The summed E-state index contributed by atoms with van der Waals surface area (Å²) >= 11 is 0. The van der Waals surface area contributed by atoms with Gasteiger partial charge in [0.05, 0.1) is 18.8 Å². The molecule has 0 radical (unpaired) electrons. The van der Waals surface area contributed by atoms with Gasteiger partial charge in [0.1, 0.15) is 66.5 Å². The number of nitrogens with one attached hydrogen (secondary N) is 4. The van der Waals surface area contributed by atoms with E-state index in [-0.39, 0.29) is 50.0 Å². The smallest absolute Gasteiger partial charge is 0.248 e. The van der Waals surface area contributed by atoms with Gasteiger partial charge in [-0.25, -0.2) is 0 Å². The zero-order chi connectivity index (χ0) is 66.3. The van der Waals surface area contributed by atoms with Gasteiger partial charge in [0.15, 0.2) is 0 Å². The highest BCUT2D eigenvalue weighted by Crippen LogP contribution is 2.30. The third kappa shape index (κ3) is 19.2. The van der Waals surface area contributed by atoms with E-state index in [0.717, 1.165) is 0 Å². The van der Waals surface area contributed by atoms with Crippen molar-refractivity contribution < 1.29 is 62.2 Å². The zero-order valence-corrected chi connectivity index (χ0v) is 56.3. The van der Waals surface area contributed by atoms with Crippen molar-refractivity contribution in [1.82, 2.24) is 55.6 Å². The minimum atomic E-state index is -1.34. The molecule has 15 atom stereocenters. The third-order valence-electron chi connectivity index (χ3n) is 16.9. The Kier molecular flexibility index (Phi) is 29.9. The van der Waals surface area contributed by atoms with Crippen molar-refractivity contribution in [2.75, 3.05) is 63.1 Å². The molecule has 11 amide bonds. The number of likely N-dealkylation sites (N-methyl/N-ethyl adjacent to an activating group) is 7. The maximum atomic E-state index is 15.2. The molecule has 0 aliphatic carbocycles. The van der Waals surface area contributed by atoms with Crippen LogP contribution in [0.4, 0.5) is 0 Å². The molecule has 2 saturated heterocycles. The van der Waals surface area contributed by atoms with Crippen molar-refractivity contribution in [2.45, 2.75) is 222 Å². The first-order chi connectivity index (χ1) is 39.9. The molecule has 2 fully saturated rings. The number of allylic oxidation sites excluding steroid dienone is 2. The quantitative estimate of drug-likeness (QED) is 0.182. The van der Waals surface area contributed by atoms with E-state index in [4.69, 9.17) is 9.47 Å². The number of carbonyl (C=O) groups is 11. The van der Waals surface area contributed by atoms with E-state index in [0.29, 0.717) is 6.42 Å². The summed E-state index contributed by atoms with van der Waals surface area (Å²) in [4.78, 5) is 170. The summed E-state index contributed by atoms with van der Waals surface area (Å²) in [6, 6.07) is -13.5. The molecule has 24 nitrogen and oxygen atoms in total. The Bertz CT molecular complexity index is 2400. The van der Waals surface area contributed by atoms with Gasteiger partial charge in [-0.05, 0) is 96.3 Å². The Balaban J connectivity index is 3.01. The van der Waals surface area contributed by atoms with Gasteiger partial charge in [-0.1, -0.05) is 88.3 Å². The first-order valence-corrected chi connectivity index (χ1v) is 30.7. The first-order valence-electron chi connectivity index (χ1n) is 30.7. The average molecular weight is 1220 g/mol. The van der Waals surface area contributed by atoms with Crippen molar-refractivity contribution in [1.29, 1.82) is 0 Å². The van der Waals surface area contributed by atoms with E-state index in [9.17, 15) is 43.2 Å². The SMILES string of the molecule is CC=CCC(C)C1OC(C)C2C(=O)N(C)C1C(=O)NC(CC)C(=O)N(C)C(C)C(=O)N(C)C(C(C)COC)C(=O)NC(C(C)C)C(=O)N(C)C(CC(C)C)C(=O)NC(C)C(=O)NC(C)C(=O)N(C)C(CC(C)C)C(=O)N(C)C(CC(C)C)C(=O)N2C. The average Bonchev–Trinajstić information content (AvgIpc) is 1.74. The largest absolute Gasteiger partial charge is 0.384 e. The fraction of sp³-hybridized carbons (Fsp3) is 0.790. The summed E-state index contributed by atoms with van der Waals surface area (Å²) in [5, 5.41) is 11.1. The number of carbonyl (C=O) groups excluding carboxylic acids is 11. The van der Waals surface area contributed by atoms with Crippen LogP contribution in [0.15, 0.2) is 12.2 Å². The molecule has 2 rings (SSSR count). The van der Waals surface area contributed by atoms with E-state index >= 15 is 9.59 Å². The molecule has 2 aliphatic heterocycles. The van der Waals surface area contributed by atoms with Crippen molar-refractivity contribution in [2.24, 2.45) is 35.5 Å². The second-order valence-electron chi connectivity index (χ2n) is 25.8. The Hall–Kier alpha value is -6.17. The number of rotatable bonds is 14. The van der Waals surface area contributed by atoms with Crippen LogP contribution in [0.3, 0.4) is 0 Å². The molecule has 0 aromatic carbocycles. The van der Waals surface area contributed by atoms with Crippen LogP contribution in [0.25, 0.3) is 0 Å². The van der Waals surface area contributed by atoms with Gasteiger partial charge in [0.2, 0.25) is 65.0 Å². The van der Waals surface area contributed by atoms with Crippen LogP contribution >= 0.6 is 0 Å². The topological polar surface area (TPSA) is 277 Å². The molecule has 0 spiro atoms. The lowest BCUT2D eigenvalue weighted by atomic mass is 9.92. The van der Waals surface area contributed by atoms with Gasteiger partial charge in [-0.15, -0.1) is 0 Å². The number of hydrogen-bond donors (Lipinski definition) is 4. The number of hydrogen-bond acceptors (Lipinski definition) is 13. The Labute approximate surface area is 513 Å². The molecule has 2 aliphatic rings. The fourth-order valence-electron chi connectivity index (χ4n) is 11.4. The van der Waals surface area contributed by atoms with E-state index in [1.165, 1.54) is 112 Å². The second kappa shape index (κ2) is 33.8. The zero-order valence-electron chi connectivity index (χ0n) is 56.3. The lowest BCUT2D eigenvalue weighted by molar-refractivity contribution is -0.155. The Morgan fingerprint density at radius 1 is 0.488 bits per heavy atom. The molecule has 2 heterocycles. The van der Waals surface area contributed by atoms with Crippen LogP contribution in [-0.4, -0.2) is 241 Å². The van der Waals surface area contributed by atoms with E-state index < -0.39 is 161 Å². The molecular weight excluding hydrogens is 1110 g/mol. The summed E-state index contributed by atoms with van der Waals surface area (Å²) in [6.07, 6.45) is 2.71. The second-order valence-corrected chi connectivity index (χ2v) is 25.8. The molecule has 24 heteroatoms. The van der Waals surface area contributed by atoms with Gasteiger partial charge < -0.3 is 65.0 Å². The summed E-state index contributed by atoms with van der Waals surface area (Å²) in [5.41, 5.74) is 0. The highest BCUT2D eigenvalue weighted by atomic mass is 16.5. The van der Waals surface area contributed by atoms with Gasteiger partial charge in [-0.2, -0.15) is 0 Å². The van der Waals surface area contributed by atoms with Crippen LogP contribution in [0.1, 0.15) is 143 Å². The van der Waals surface area contributed by atoms with Crippen molar-refractivity contribution >= 4 is 65.0 Å². The molecule has 86 heavy (non-hydrogen) atoms. The van der Waals surface area contributed by atoms with Crippen molar-refractivity contribution in [3.05, 3.63) is 12.2 Å². The lowest BCUT2D eigenvalue weighted by Gasteiger charge is -2.39. The molecule has 2 bridgehead atoms. The molecule has 4 N–H and O–H groups in total. The summed E-state index contributed by atoms with van der Waals surface area (Å²) in [5.74, 6) is -9.31. The molecular formula is C62H109N11O13. The maximum Gasteiger partial charge on any atom is 0.248 e. The first kappa shape index (κ1) is 75.9. The molecule has 490 valence electrons. The number of fused-ring (bicyclic) bond motifs is 3. The van der Waals surface area contributed by atoms with Crippen LogP contribution in [0.2, 0.25) is 0 Å². The van der Waals surface area contributed by atoms with Crippen molar-refractivity contribution in [3.63, 3.8) is 0 Å². The van der Waals surface area contributed by atoms with E-state index in [1.54, 1.807) is 34.6 Å². The Morgan fingerprint density at radius 2 is 0.965 bits per heavy atom. The summed E-state index contributed by atoms with van der Waals surface area (Å²) in [7, 11) is 11.5.